The van der Waals surface area contributed by atoms with E-state index in [0.29, 0.717) is 28.3 Å². The standard InChI is InChI=1S/C24H16N2O4/c25-13-17-14-26(18-9-10-21(24(28)29)23(27)12-18)15-22(17)16-5-4-8-20(11-16)30-19-6-2-1-3-7-19/h1-12,14-15,27H,(H,28,29). The molecule has 4 aromatic rings. The van der Waals surface area contributed by atoms with Gasteiger partial charge in [0.15, 0.2) is 0 Å². The average molecular weight is 396 g/mol. The molecular weight excluding hydrogens is 380 g/mol. The van der Waals surface area contributed by atoms with Gasteiger partial charge in [0.2, 0.25) is 0 Å². The minimum absolute atomic E-state index is 0.183. The zero-order valence-electron chi connectivity index (χ0n) is 15.7. The Kier molecular flexibility index (Phi) is 4.93. The molecule has 0 atom stereocenters. The highest BCUT2D eigenvalue weighted by Crippen LogP contribution is 2.31. The first-order valence-corrected chi connectivity index (χ1v) is 9.07. The van der Waals surface area contributed by atoms with E-state index in [1.54, 1.807) is 23.0 Å². The summed E-state index contributed by atoms with van der Waals surface area (Å²) >= 11 is 0. The van der Waals surface area contributed by atoms with Gasteiger partial charge in [-0.3, -0.25) is 0 Å². The Hall–Kier alpha value is -4.50. The van der Waals surface area contributed by atoms with Crippen LogP contribution in [-0.2, 0) is 0 Å². The summed E-state index contributed by atoms with van der Waals surface area (Å²) in [5.41, 5.74) is 2.28. The molecule has 0 amide bonds. The predicted molar refractivity (Wildman–Crippen MR) is 111 cm³/mol. The Balaban J connectivity index is 1.70. The van der Waals surface area contributed by atoms with Gasteiger partial charge in [0.1, 0.15) is 28.9 Å². The van der Waals surface area contributed by atoms with E-state index < -0.39 is 5.97 Å². The van der Waals surface area contributed by atoms with Crippen LogP contribution >= 0.6 is 0 Å². The van der Waals surface area contributed by atoms with Crippen LogP contribution < -0.4 is 4.74 Å². The number of rotatable bonds is 5. The molecule has 0 bridgehead atoms. The third-order valence-electron chi connectivity index (χ3n) is 4.58. The fraction of sp³-hybridized carbons (Fsp3) is 0. The number of carboxylic acid groups (broad SMARTS) is 1. The van der Waals surface area contributed by atoms with E-state index in [9.17, 15) is 15.2 Å². The van der Waals surface area contributed by atoms with Gasteiger partial charge in [-0.05, 0) is 42.0 Å². The van der Waals surface area contributed by atoms with Crippen LogP contribution in [-0.4, -0.2) is 20.7 Å². The van der Waals surface area contributed by atoms with Gasteiger partial charge in [0.05, 0.1) is 5.56 Å². The highest BCUT2D eigenvalue weighted by Gasteiger charge is 2.14. The Bertz CT molecular complexity index is 1270. The van der Waals surface area contributed by atoms with Crippen LogP contribution in [0.15, 0.2) is 85.2 Å². The van der Waals surface area contributed by atoms with Gasteiger partial charge in [-0.1, -0.05) is 30.3 Å². The van der Waals surface area contributed by atoms with Gasteiger partial charge in [0, 0.05) is 29.7 Å². The van der Waals surface area contributed by atoms with E-state index in [-0.39, 0.29) is 11.3 Å². The van der Waals surface area contributed by atoms with Crippen molar-refractivity contribution in [1.29, 1.82) is 5.26 Å². The number of phenols is 1. The highest BCUT2D eigenvalue weighted by molar-refractivity contribution is 5.91. The Morgan fingerprint density at radius 2 is 1.70 bits per heavy atom. The van der Waals surface area contributed by atoms with E-state index >= 15 is 0 Å². The lowest BCUT2D eigenvalue weighted by atomic mass is 10.1. The molecule has 1 heterocycles. The van der Waals surface area contributed by atoms with Crippen LogP contribution in [0.4, 0.5) is 0 Å². The first kappa shape index (κ1) is 18.8. The number of nitrogens with zero attached hydrogens (tertiary/aromatic N) is 2. The molecule has 30 heavy (non-hydrogen) atoms. The number of carbonyl (C=O) groups is 1. The van der Waals surface area contributed by atoms with Crippen molar-refractivity contribution in [3.05, 3.63) is 96.3 Å². The van der Waals surface area contributed by atoms with Crippen LogP contribution in [0.1, 0.15) is 15.9 Å². The van der Waals surface area contributed by atoms with Crippen LogP contribution in [0.5, 0.6) is 17.2 Å². The second-order valence-electron chi connectivity index (χ2n) is 6.55. The topological polar surface area (TPSA) is 95.5 Å². The lowest BCUT2D eigenvalue weighted by Gasteiger charge is -2.07. The van der Waals surface area contributed by atoms with Crippen LogP contribution in [0.25, 0.3) is 16.8 Å². The van der Waals surface area contributed by atoms with E-state index in [0.717, 1.165) is 5.56 Å². The summed E-state index contributed by atoms with van der Waals surface area (Å²) < 4.78 is 7.55. The van der Waals surface area contributed by atoms with Crippen molar-refractivity contribution in [3.8, 4) is 40.1 Å². The molecule has 3 aromatic carbocycles. The van der Waals surface area contributed by atoms with Crippen molar-refractivity contribution in [3.63, 3.8) is 0 Å². The lowest BCUT2D eigenvalue weighted by Crippen LogP contribution is -1.98. The zero-order chi connectivity index (χ0) is 21.1. The molecular formula is C24H16N2O4. The van der Waals surface area contributed by atoms with Crippen LogP contribution in [0.3, 0.4) is 0 Å². The van der Waals surface area contributed by atoms with E-state index in [1.807, 2.05) is 54.6 Å². The van der Waals surface area contributed by atoms with E-state index in [2.05, 4.69) is 6.07 Å². The number of aromatic hydroxyl groups is 1. The monoisotopic (exact) mass is 396 g/mol. The van der Waals surface area contributed by atoms with Gasteiger partial charge in [-0.25, -0.2) is 4.79 Å². The van der Waals surface area contributed by atoms with Crippen LogP contribution in [0.2, 0.25) is 0 Å². The minimum Gasteiger partial charge on any atom is -0.507 e. The highest BCUT2D eigenvalue weighted by atomic mass is 16.5. The summed E-state index contributed by atoms with van der Waals surface area (Å²) in [6.07, 6.45) is 3.39. The number of nitriles is 1. The van der Waals surface area contributed by atoms with Gasteiger partial charge in [-0.15, -0.1) is 0 Å². The van der Waals surface area contributed by atoms with Gasteiger partial charge < -0.3 is 19.5 Å². The normalized spacial score (nSPS) is 10.4. The maximum Gasteiger partial charge on any atom is 0.339 e. The van der Waals surface area contributed by atoms with Gasteiger partial charge >= 0.3 is 5.97 Å². The molecule has 0 radical (unpaired) electrons. The molecule has 0 spiro atoms. The first-order valence-electron chi connectivity index (χ1n) is 9.07. The maximum atomic E-state index is 11.1. The molecule has 1 aromatic heterocycles. The number of carboxylic acids is 1. The molecule has 2 N–H and O–H groups in total. The number of para-hydroxylation sites is 1. The number of ether oxygens (including phenoxy) is 1. The fourth-order valence-electron chi connectivity index (χ4n) is 3.14. The summed E-state index contributed by atoms with van der Waals surface area (Å²) in [5, 5.41) is 28.6. The first-order chi connectivity index (χ1) is 14.5. The fourth-order valence-corrected chi connectivity index (χ4v) is 3.14. The van der Waals surface area contributed by atoms with Crippen molar-refractivity contribution in [1.82, 2.24) is 4.57 Å². The molecule has 146 valence electrons. The van der Waals surface area contributed by atoms with Crippen molar-refractivity contribution in [2.75, 3.05) is 0 Å². The van der Waals surface area contributed by atoms with E-state index in [4.69, 9.17) is 9.84 Å². The minimum atomic E-state index is -1.21. The SMILES string of the molecule is N#Cc1cn(-c2ccc(C(=O)O)c(O)c2)cc1-c1cccc(Oc2ccccc2)c1. The summed E-state index contributed by atoms with van der Waals surface area (Å²) in [4.78, 5) is 11.1. The zero-order valence-corrected chi connectivity index (χ0v) is 15.7. The third-order valence-corrected chi connectivity index (χ3v) is 4.58. The Morgan fingerprint density at radius 3 is 2.40 bits per heavy atom. The largest absolute Gasteiger partial charge is 0.507 e. The van der Waals surface area contributed by atoms with Crippen molar-refractivity contribution >= 4 is 5.97 Å². The number of aromatic nitrogens is 1. The van der Waals surface area contributed by atoms with Gasteiger partial charge in [0.25, 0.3) is 0 Å². The summed E-state index contributed by atoms with van der Waals surface area (Å²) in [5.74, 6) is -0.201. The number of aromatic carboxylic acids is 1. The van der Waals surface area contributed by atoms with Gasteiger partial charge in [-0.2, -0.15) is 5.26 Å². The summed E-state index contributed by atoms with van der Waals surface area (Å²) in [6, 6.07) is 23.2. The summed E-state index contributed by atoms with van der Waals surface area (Å²) in [7, 11) is 0. The smallest absolute Gasteiger partial charge is 0.339 e. The molecule has 4 rings (SSSR count). The number of hydrogen-bond acceptors (Lipinski definition) is 4. The van der Waals surface area contributed by atoms with Crippen molar-refractivity contribution in [2.45, 2.75) is 0 Å². The maximum absolute atomic E-state index is 11.1. The quantitative estimate of drug-likeness (QED) is 0.483. The van der Waals surface area contributed by atoms with E-state index in [1.165, 1.54) is 12.1 Å². The molecule has 0 saturated carbocycles. The Labute approximate surface area is 172 Å². The molecule has 0 saturated heterocycles. The average Bonchev–Trinajstić information content (AvgIpc) is 3.19. The second-order valence-corrected chi connectivity index (χ2v) is 6.55. The number of hydrogen-bond donors (Lipinski definition) is 2. The lowest BCUT2D eigenvalue weighted by molar-refractivity contribution is 0.0693. The molecule has 0 aliphatic heterocycles. The molecule has 6 nitrogen and oxygen atoms in total. The third kappa shape index (κ3) is 3.73. The second kappa shape index (κ2) is 7.86. The molecule has 0 fully saturated rings. The van der Waals surface area contributed by atoms with Crippen LogP contribution in [0, 0.1) is 11.3 Å². The number of benzene rings is 3. The molecule has 6 heteroatoms. The molecule has 0 aliphatic rings. The summed E-state index contributed by atoms with van der Waals surface area (Å²) in [6.45, 7) is 0. The van der Waals surface area contributed by atoms with Crippen molar-refractivity contribution in [2.24, 2.45) is 0 Å². The predicted octanol–water partition coefficient (Wildman–Crippen LogP) is 5.21. The van der Waals surface area contributed by atoms with Crippen molar-refractivity contribution < 1.29 is 19.7 Å². The molecule has 0 aliphatic carbocycles. The molecule has 0 unspecified atom stereocenters. The Morgan fingerprint density at radius 1 is 0.933 bits per heavy atom.